The van der Waals surface area contributed by atoms with Gasteiger partial charge in [-0.05, 0) is 18.2 Å². The zero-order chi connectivity index (χ0) is 9.52. The van der Waals surface area contributed by atoms with Gasteiger partial charge < -0.3 is 15.7 Å². The summed E-state index contributed by atoms with van der Waals surface area (Å²) < 4.78 is 0. The van der Waals surface area contributed by atoms with Crippen LogP contribution in [0.2, 0.25) is 0 Å². The van der Waals surface area contributed by atoms with Crippen LogP contribution in [0.4, 0.5) is 5.82 Å². The molecule has 0 aliphatic carbocycles. The number of H-pyrrole nitrogens is 2. The Balaban J connectivity index is 0.000000145. The van der Waals surface area contributed by atoms with Crippen LogP contribution in [0.3, 0.4) is 0 Å². The highest BCUT2D eigenvalue weighted by molar-refractivity contribution is 5.22. The Kier molecular flexibility index (Phi) is 3.31. The molecule has 68 valence electrons. The van der Waals surface area contributed by atoms with Gasteiger partial charge in [-0.1, -0.05) is 0 Å². The average Bonchev–Trinajstić information content (AvgIpc) is 2.59. The van der Waals surface area contributed by atoms with Crippen molar-refractivity contribution in [2.75, 3.05) is 5.73 Å². The second-order valence-corrected chi connectivity index (χ2v) is 2.20. The second-order valence-electron chi connectivity index (χ2n) is 2.20. The van der Waals surface area contributed by atoms with Gasteiger partial charge >= 0.3 is 5.69 Å². The molecule has 2 rings (SSSR count). The van der Waals surface area contributed by atoms with E-state index in [1.807, 2.05) is 24.5 Å². The highest BCUT2D eigenvalue weighted by atomic mass is 16.1. The molecule has 0 amide bonds. The molecule has 0 radical (unpaired) electrons. The molecule has 4 N–H and O–H groups in total. The van der Waals surface area contributed by atoms with Crippen molar-refractivity contribution in [3.63, 3.8) is 0 Å². The lowest BCUT2D eigenvalue weighted by Gasteiger charge is -1.83. The van der Waals surface area contributed by atoms with Crippen molar-refractivity contribution >= 4 is 5.82 Å². The maximum Gasteiger partial charge on any atom is 0.346 e. The summed E-state index contributed by atoms with van der Waals surface area (Å²) in [6.45, 7) is 0. The van der Waals surface area contributed by atoms with E-state index in [1.165, 1.54) is 12.3 Å². The fourth-order valence-electron chi connectivity index (χ4n) is 0.663. The number of nitrogens with zero attached hydrogens (tertiary/aromatic N) is 1. The molecule has 0 aliphatic rings. The topological polar surface area (TPSA) is 87.6 Å². The zero-order valence-corrected chi connectivity index (χ0v) is 6.90. The van der Waals surface area contributed by atoms with Gasteiger partial charge in [0.2, 0.25) is 0 Å². The van der Waals surface area contributed by atoms with Crippen LogP contribution < -0.4 is 11.4 Å². The molecule has 5 nitrogen and oxygen atoms in total. The van der Waals surface area contributed by atoms with Crippen molar-refractivity contribution in [1.29, 1.82) is 0 Å². The van der Waals surface area contributed by atoms with Gasteiger partial charge in [-0.2, -0.15) is 4.98 Å². The zero-order valence-electron chi connectivity index (χ0n) is 6.90. The van der Waals surface area contributed by atoms with E-state index in [4.69, 9.17) is 5.73 Å². The SMILES string of the molecule is Nc1cc[nH]c(=O)n1.c1cc[nH]c1. The summed E-state index contributed by atoms with van der Waals surface area (Å²) in [6.07, 6.45) is 5.20. The van der Waals surface area contributed by atoms with Crippen molar-refractivity contribution in [3.8, 4) is 0 Å². The summed E-state index contributed by atoms with van der Waals surface area (Å²) in [5.41, 5.74) is 4.72. The average molecular weight is 178 g/mol. The molecule has 0 saturated carbocycles. The monoisotopic (exact) mass is 178 g/mol. The van der Waals surface area contributed by atoms with Crippen molar-refractivity contribution in [1.82, 2.24) is 15.0 Å². The molecule has 0 aromatic carbocycles. The molecule has 0 aliphatic heterocycles. The molecule has 13 heavy (non-hydrogen) atoms. The third-order valence-electron chi connectivity index (χ3n) is 1.19. The van der Waals surface area contributed by atoms with Gasteiger partial charge in [-0.25, -0.2) is 4.79 Å². The Morgan fingerprint density at radius 1 is 1.23 bits per heavy atom. The highest BCUT2D eigenvalue weighted by Gasteiger charge is 1.81. The predicted molar refractivity (Wildman–Crippen MR) is 50.1 cm³/mol. The third-order valence-corrected chi connectivity index (χ3v) is 1.19. The fourth-order valence-corrected chi connectivity index (χ4v) is 0.663. The first-order chi connectivity index (χ1) is 6.29. The second kappa shape index (κ2) is 4.76. The summed E-state index contributed by atoms with van der Waals surface area (Å²) in [4.78, 5) is 18.8. The number of nitrogens with one attached hydrogen (secondary N) is 2. The van der Waals surface area contributed by atoms with Crippen LogP contribution >= 0.6 is 0 Å². The van der Waals surface area contributed by atoms with E-state index in [0.717, 1.165) is 0 Å². The van der Waals surface area contributed by atoms with Crippen molar-refractivity contribution < 1.29 is 0 Å². The van der Waals surface area contributed by atoms with Crippen molar-refractivity contribution in [2.24, 2.45) is 0 Å². The summed E-state index contributed by atoms with van der Waals surface area (Å²) in [5, 5.41) is 0. The number of rotatable bonds is 0. The van der Waals surface area contributed by atoms with E-state index in [9.17, 15) is 4.79 Å². The normalized spacial score (nSPS) is 8.62. The number of nitrogens with two attached hydrogens (primary N) is 1. The number of anilines is 1. The van der Waals surface area contributed by atoms with Crippen LogP contribution in [0.15, 0.2) is 41.6 Å². The summed E-state index contributed by atoms with van der Waals surface area (Å²) in [5.74, 6) is 0.244. The lowest BCUT2D eigenvalue weighted by molar-refractivity contribution is 1.08. The Morgan fingerprint density at radius 3 is 2.23 bits per heavy atom. The van der Waals surface area contributed by atoms with Gasteiger partial charge in [-0.3, -0.25) is 0 Å². The minimum Gasteiger partial charge on any atom is -0.383 e. The predicted octanol–water partition coefficient (Wildman–Crippen LogP) is 0.367. The minimum absolute atomic E-state index is 0.244. The standard InChI is InChI=1S/C4H5N3O.C4H5N/c5-3-1-2-6-4(8)7-3;1-2-4-5-3-1/h1-2H,(H3,5,6,7,8);1-5H. The number of hydrogen-bond donors (Lipinski definition) is 3. The van der Waals surface area contributed by atoms with Crippen LogP contribution in [0.25, 0.3) is 0 Å². The van der Waals surface area contributed by atoms with E-state index in [-0.39, 0.29) is 5.82 Å². The first kappa shape index (κ1) is 9.05. The molecule has 2 heterocycles. The molecule has 5 heteroatoms. The largest absolute Gasteiger partial charge is 0.383 e. The van der Waals surface area contributed by atoms with Gasteiger partial charge in [0.15, 0.2) is 0 Å². The van der Waals surface area contributed by atoms with E-state index in [1.54, 1.807) is 0 Å². The van der Waals surface area contributed by atoms with Gasteiger partial charge in [0.05, 0.1) is 0 Å². The van der Waals surface area contributed by atoms with Gasteiger partial charge in [-0.15, -0.1) is 0 Å². The van der Waals surface area contributed by atoms with Gasteiger partial charge in [0.1, 0.15) is 5.82 Å². The molecule has 0 bridgehead atoms. The van der Waals surface area contributed by atoms with E-state index in [0.29, 0.717) is 0 Å². The van der Waals surface area contributed by atoms with E-state index >= 15 is 0 Å². The summed E-state index contributed by atoms with van der Waals surface area (Å²) in [6, 6.07) is 5.40. The smallest absolute Gasteiger partial charge is 0.346 e. The molecule has 0 fully saturated rings. The molecule has 0 spiro atoms. The number of aromatic nitrogens is 3. The Bertz CT molecular complexity index is 362. The van der Waals surface area contributed by atoms with E-state index < -0.39 is 5.69 Å². The molecule has 0 saturated heterocycles. The number of nitrogen functional groups attached to an aromatic ring is 1. The quantitative estimate of drug-likeness (QED) is 0.544. The van der Waals surface area contributed by atoms with Gasteiger partial charge in [0.25, 0.3) is 0 Å². The minimum atomic E-state index is -0.412. The van der Waals surface area contributed by atoms with Crippen LogP contribution in [-0.4, -0.2) is 15.0 Å². The van der Waals surface area contributed by atoms with E-state index in [2.05, 4.69) is 15.0 Å². The first-order valence-electron chi connectivity index (χ1n) is 3.68. The maximum atomic E-state index is 10.2. The molecule has 0 unspecified atom stereocenters. The third kappa shape index (κ3) is 3.76. The van der Waals surface area contributed by atoms with Gasteiger partial charge in [0, 0.05) is 18.6 Å². The molecular formula is C8H10N4O. The fraction of sp³-hybridized carbons (Fsp3) is 0. The highest BCUT2D eigenvalue weighted by Crippen LogP contribution is 1.82. The van der Waals surface area contributed by atoms with Crippen LogP contribution in [0.5, 0.6) is 0 Å². The summed E-state index contributed by atoms with van der Waals surface area (Å²) in [7, 11) is 0. The number of hydrogen-bond acceptors (Lipinski definition) is 3. The Morgan fingerprint density at radius 2 is 1.92 bits per heavy atom. The lowest BCUT2D eigenvalue weighted by Crippen LogP contribution is -2.10. The number of aromatic amines is 2. The van der Waals surface area contributed by atoms with Crippen LogP contribution in [0, 0.1) is 0 Å². The molecule has 2 aromatic rings. The Hall–Kier alpha value is -2.04. The van der Waals surface area contributed by atoms with Crippen LogP contribution in [-0.2, 0) is 0 Å². The molecule has 0 atom stereocenters. The lowest BCUT2D eigenvalue weighted by atomic mass is 10.6. The molecular weight excluding hydrogens is 168 g/mol. The van der Waals surface area contributed by atoms with Crippen molar-refractivity contribution in [3.05, 3.63) is 47.3 Å². The Labute approximate surface area is 74.6 Å². The summed E-state index contributed by atoms with van der Waals surface area (Å²) >= 11 is 0. The van der Waals surface area contributed by atoms with Crippen molar-refractivity contribution in [2.45, 2.75) is 0 Å². The first-order valence-corrected chi connectivity index (χ1v) is 3.68. The molecule has 2 aromatic heterocycles. The maximum absolute atomic E-state index is 10.2. The van der Waals surface area contributed by atoms with Crippen LogP contribution in [0.1, 0.15) is 0 Å².